The van der Waals surface area contributed by atoms with E-state index < -0.39 is 27.4 Å². The first-order valence-electron chi connectivity index (χ1n) is 9.35. The van der Waals surface area contributed by atoms with Gasteiger partial charge < -0.3 is 8.92 Å². The molecule has 1 heterocycles. The first-order chi connectivity index (χ1) is 14.0. The third-order valence-corrected chi connectivity index (χ3v) is 7.17. The lowest BCUT2D eigenvalue weighted by atomic mass is 9.84. The molecule has 6 nitrogen and oxygen atoms in total. The fraction of sp³-hybridized carbons (Fsp3) is 0.273. The lowest BCUT2D eigenvalue weighted by Crippen LogP contribution is -2.34. The van der Waals surface area contributed by atoms with E-state index in [4.69, 9.17) is 8.92 Å². The van der Waals surface area contributed by atoms with Crippen LogP contribution in [0.1, 0.15) is 52.1 Å². The highest BCUT2D eigenvalue weighted by Gasteiger charge is 2.39. The summed E-state index contributed by atoms with van der Waals surface area (Å²) in [6, 6.07) is 9.14. The van der Waals surface area contributed by atoms with Crippen LogP contribution in [0.15, 0.2) is 51.5 Å². The highest BCUT2D eigenvalue weighted by molar-refractivity contribution is 9.12. The van der Waals surface area contributed by atoms with Crippen molar-refractivity contribution in [2.45, 2.75) is 44.1 Å². The number of ketones is 2. The van der Waals surface area contributed by atoms with Crippen molar-refractivity contribution in [3.8, 4) is 5.75 Å². The number of hydrogen-bond donors (Lipinski definition) is 0. The Labute approximate surface area is 183 Å². The molecule has 0 atom stereocenters. The number of benzene rings is 2. The third kappa shape index (κ3) is 3.48. The average Bonchev–Trinajstić information content (AvgIpc) is 2.68. The Morgan fingerprint density at radius 3 is 2.37 bits per heavy atom. The fourth-order valence-electron chi connectivity index (χ4n) is 3.57. The monoisotopic (exact) mass is 490 g/mol. The Bertz CT molecular complexity index is 1220. The summed E-state index contributed by atoms with van der Waals surface area (Å²) in [7, 11) is -4.29. The van der Waals surface area contributed by atoms with Crippen LogP contribution in [-0.4, -0.2) is 25.6 Å². The highest BCUT2D eigenvalue weighted by Crippen LogP contribution is 2.41. The number of aryl methyl sites for hydroxylation is 1. The normalized spacial score (nSPS) is 17.9. The highest BCUT2D eigenvalue weighted by atomic mass is 79.9. The summed E-state index contributed by atoms with van der Waals surface area (Å²) < 4.78 is 36.2. The number of carbonyl (C=O) groups excluding carboxylic acids is 2. The smallest absolute Gasteiger partial charge is 0.339 e. The molecule has 0 fully saturated rings. The minimum Gasteiger partial charge on any atom is -0.488 e. The summed E-state index contributed by atoms with van der Waals surface area (Å²) in [5, 5.41) is 0. The number of Topliss-reactive ketones (excluding diaryl/α,β-unsaturated/α-hetero) is 2. The van der Waals surface area contributed by atoms with Gasteiger partial charge in [-0.15, -0.1) is 0 Å². The minimum absolute atomic E-state index is 0.104. The number of hydrogen-bond acceptors (Lipinski definition) is 6. The van der Waals surface area contributed by atoms with E-state index in [1.807, 2.05) is 20.8 Å². The molecule has 0 N–H and O–H groups in total. The molecule has 2 aliphatic rings. The predicted molar refractivity (Wildman–Crippen MR) is 114 cm³/mol. The second-order valence-electron chi connectivity index (χ2n) is 7.98. The van der Waals surface area contributed by atoms with Crippen LogP contribution < -0.4 is 4.74 Å². The molecule has 4 rings (SSSR count). The van der Waals surface area contributed by atoms with Crippen LogP contribution in [0.25, 0.3) is 0 Å². The Morgan fingerprint density at radius 2 is 1.70 bits per heavy atom. The maximum Gasteiger partial charge on any atom is 0.339 e. The van der Waals surface area contributed by atoms with Gasteiger partial charge in [0.05, 0.1) is 0 Å². The number of halogens is 1. The minimum atomic E-state index is -4.29. The van der Waals surface area contributed by atoms with Crippen molar-refractivity contribution >= 4 is 37.6 Å². The molecule has 0 bridgehead atoms. The van der Waals surface area contributed by atoms with Crippen LogP contribution in [0, 0.1) is 6.92 Å². The molecule has 8 heteroatoms. The van der Waals surface area contributed by atoms with Crippen molar-refractivity contribution < 1.29 is 26.9 Å². The maximum absolute atomic E-state index is 13.1. The SMILES string of the molecule is Cc1ccc(S(=O)(=O)OC2=C(Br)C(=O)c3c(ccc4c3CCC(C)(C)O4)C2=O)cc1. The van der Waals surface area contributed by atoms with Gasteiger partial charge in [-0.3, -0.25) is 9.59 Å². The van der Waals surface area contributed by atoms with E-state index >= 15 is 0 Å². The summed E-state index contributed by atoms with van der Waals surface area (Å²) in [5.74, 6) is -1.15. The zero-order chi connectivity index (χ0) is 21.8. The van der Waals surface area contributed by atoms with Gasteiger partial charge in [0.15, 0.2) is 0 Å². The Hall–Kier alpha value is -2.45. The number of rotatable bonds is 3. The van der Waals surface area contributed by atoms with Crippen LogP contribution >= 0.6 is 15.9 Å². The molecule has 0 radical (unpaired) electrons. The van der Waals surface area contributed by atoms with Gasteiger partial charge in [0, 0.05) is 16.7 Å². The summed E-state index contributed by atoms with van der Waals surface area (Å²) >= 11 is 3.10. The summed E-state index contributed by atoms with van der Waals surface area (Å²) in [6.07, 6.45) is 1.26. The molecular weight excluding hydrogens is 472 g/mol. The molecule has 1 aliphatic heterocycles. The molecule has 0 aromatic heterocycles. The number of ether oxygens (including phenoxy) is 1. The van der Waals surface area contributed by atoms with E-state index in [2.05, 4.69) is 15.9 Å². The molecular formula is C22H19BrO6S. The van der Waals surface area contributed by atoms with Gasteiger partial charge in [0.2, 0.25) is 17.3 Å². The van der Waals surface area contributed by atoms with E-state index in [1.54, 1.807) is 18.2 Å². The van der Waals surface area contributed by atoms with Crippen LogP contribution in [0.3, 0.4) is 0 Å². The zero-order valence-electron chi connectivity index (χ0n) is 16.6. The Balaban J connectivity index is 1.75. The molecule has 0 amide bonds. The van der Waals surface area contributed by atoms with E-state index in [9.17, 15) is 18.0 Å². The van der Waals surface area contributed by atoms with Gasteiger partial charge >= 0.3 is 10.1 Å². The topological polar surface area (TPSA) is 86.7 Å². The van der Waals surface area contributed by atoms with Crippen molar-refractivity contribution in [3.63, 3.8) is 0 Å². The van der Waals surface area contributed by atoms with Crippen molar-refractivity contribution in [2.75, 3.05) is 0 Å². The standard InChI is InChI=1S/C22H19BrO6S/c1-12-4-6-13(7-5-12)30(26,27)29-21-18(23)20(25)17-14-10-11-22(2,3)28-16(14)9-8-15(17)19(21)24/h4-9H,10-11H2,1-3H3. The predicted octanol–water partition coefficient (Wildman–Crippen LogP) is 4.49. The first-order valence-corrected chi connectivity index (χ1v) is 11.6. The van der Waals surface area contributed by atoms with Gasteiger partial charge in [-0.25, -0.2) is 0 Å². The van der Waals surface area contributed by atoms with Gasteiger partial charge in [0.1, 0.15) is 20.7 Å². The number of allylic oxidation sites excluding steroid dienone is 2. The zero-order valence-corrected chi connectivity index (χ0v) is 19.0. The average molecular weight is 491 g/mol. The quantitative estimate of drug-likeness (QED) is 0.589. The molecule has 30 heavy (non-hydrogen) atoms. The van der Waals surface area contributed by atoms with E-state index in [1.165, 1.54) is 18.2 Å². The number of fused-ring (bicyclic) bond motifs is 3. The maximum atomic E-state index is 13.1. The molecule has 0 saturated carbocycles. The van der Waals surface area contributed by atoms with E-state index in [0.717, 1.165) is 5.56 Å². The second kappa shape index (κ2) is 7.06. The van der Waals surface area contributed by atoms with Crippen LogP contribution in [0.5, 0.6) is 5.75 Å². The van der Waals surface area contributed by atoms with Crippen LogP contribution in [0.4, 0.5) is 0 Å². The van der Waals surface area contributed by atoms with Crippen molar-refractivity contribution in [1.82, 2.24) is 0 Å². The second-order valence-corrected chi connectivity index (χ2v) is 10.3. The fourth-order valence-corrected chi connectivity index (χ4v) is 5.08. The molecule has 2 aromatic carbocycles. The summed E-state index contributed by atoms with van der Waals surface area (Å²) in [5.41, 5.74) is 1.51. The van der Waals surface area contributed by atoms with Gasteiger partial charge in [-0.05, 0) is 73.8 Å². The third-order valence-electron chi connectivity index (χ3n) is 5.21. The van der Waals surface area contributed by atoms with Gasteiger partial charge in [0.25, 0.3) is 0 Å². The van der Waals surface area contributed by atoms with E-state index in [0.29, 0.717) is 24.2 Å². The largest absolute Gasteiger partial charge is 0.488 e. The van der Waals surface area contributed by atoms with Crippen molar-refractivity contribution in [1.29, 1.82) is 0 Å². The van der Waals surface area contributed by atoms with Crippen LogP contribution in [0.2, 0.25) is 0 Å². The van der Waals surface area contributed by atoms with Crippen molar-refractivity contribution in [3.05, 3.63) is 68.9 Å². The Morgan fingerprint density at radius 1 is 1.03 bits per heavy atom. The first kappa shape index (κ1) is 20.8. The molecule has 2 aromatic rings. The van der Waals surface area contributed by atoms with Gasteiger partial charge in [-0.1, -0.05) is 17.7 Å². The number of carbonyl (C=O) groups is 2. The molecule has 156 valence electrons. The summed E-state index contributed by atoms with van der Waals surface area (Å²) in [6.45, 7) is 5.74. The van der Waals surface area contributed by atoms with Crippen LogP contribution in [-0.2, 0) is 20.7 Å². The molecule has 1 aliphatic carbocycles. The molecule has 0 spiro atoms. The van der Waals surface area contributed by atoms with Gasteiger partial charge in [-0.2, -0.15) is 8.42 Å². The van der Waals surface area contributed by atoms with Crippen molar-refractivity contribution in [2.24, 2.45) is 0 Å². The Kier molecular flexibility index (Phi) is 4.90. The summed E-state index contributed by atoms with van der Waals surface area (Å²) in [4.78, 5) is 26.1. The molecule has 0 saturated heterocycles. The van der Waals surface area contributed by atoms with E-state index in [-0.39, 0.29) is 26.1 Å². The lowest BCUT2D eigenvalue weighted by Gasteiger charge is -2.34. The molecule has 0 unspecified atom stereocenters. The lowest BCUT2D eigenvalue weighted by molar-refractivity contribution is 0.0827.